The highest BCUT2D eigenvalue weighted by molar-refractivity contribution is 5.79. The second-order valence-electron chi connectivity index (χ2n) is 8.33. The van der Waals surface area contributed by atoms with E-state index in [1.807, 2.05) is 30.3 Å². The van der Waals surface area contributed by atoms with Crippen LogP contribution in [-0.4, -0.2) is 41.0 Å². The standard InChI is InChI=1S/C26H30N4O2/c1-19-6-3-4-9-23(19)25(24-17-27-12-13-28-24)29-26(31)21-10-14-30(15-11-21)18-20-7-5-8-22(16-20)32-2/h3-9,12-13,16-17,21,25H,10-11,14-15,18H2,1-2H3,(H,29,31). The summed E-state index contributed by atoms with van der Waals surface area (Å²) in [5.41, 5.74) is 4.16. The van der Waals surface area contributed by atoms with E-state index in [1.54, 1.807) is 25.7 Å². The molecule has 1 aliphatic heterocycles. The molecule has 6 heteroatoms. The van der Waals surface area contributed by atoms with Gasteiger partial charge in [0.2, 0.25) is 5.91 Å². The maximum atomic E-state index is 13.2. The molecule has 1 aliphatic rings. The number of piperidine rings is 1. The van der Waals surface area contributed by atoms with Crippen molar-refractivity contribution in [2.24, 2.45) is 5.92 Å². The van der Waals surface area contributed by atoms with Gasteiger partial charge in [0.15, 0.2) is 0 Å². The molecule has 1 aromatic heterocycles. The molecule has 3 aromatic rings. The number of aromatic nitrogens is 2. The van der Waals surface area contributed by atoms with Crippen LogP contribution in [0.25, 0.3) is 0 Å². The van der Waals surface area contributed by atoms with Gasteiger partial charge in [-0.05, 0) is 61.7 Å². The van der Waals surface area contributed by atoms with E-state index < -0.39 is 0 Å². The maximum absolute atomic E-state index is 13.2. The third kappa shape index (κ3) is 5.32. The summed E-state index contributed by atoms with van der Waals surface area (Å²) in [5, 5.41) is 3.26. The average Bonchev–Trinajstić information content (AvgIpc) is 2.84. The quantitative estimate of drug-likeness (QED) is 0.616. The van der Waals surface area contributed by atoms with Crippen molar-refractivity contribution in [3.05, 3.63) is 89.5 Å². The molecule has 1 atom stereocenters. The van der Waals surface area contributed by atoms with Crippen LogP contribution in [0.4, 0.5) is 0 Å². The van der Waals surface area contributed by atoms with E-state index in [4.69, 9.17) is 4.74 Å². The zero-order chi connectivity index (χ0) is 22.3. The van der Waals surface area contributed by atoms with Crippen LogP contribution in [0.3, 0.4) is 0 Å². The topological polar surface area (TPSA) is 67.3 Å². The lowest BCUT2D eigenvalue weighted by Crippen LogP contribution is -2.41. The minimum atomic E-state index is -0.299. The van der Waals surface area contributed by atoms with E-state index in [0.29, 0.717) is 0 Å². The molecule has 1 amide bonds. The molecule has 1 fully saturated rings. The molecule has 1 saturated heterocycles. The number of methoxy groups -OCH3 is 1. The van der Waals surface area contributed by atoms with E-state index >= 15 is 0 Å². The van der Waals surface area contributed by atoms with Crippen molar-refractivity contribution in [2.45, 2.75) is 32.4 Å². The van der Waals surface area contributed by atoms with Crippen LogP contribution in [0.1, 0.15) is 41.3 Å². The van der Waals surface area contributed by atoms with Crippen LogP contribution in [-0.2, 0) is 11.3 Å². The summed E-state index contributed by atoms with van der Waals surface area (Å²) < 4.78 is 5.33. The monoisotopic (exact) mass is 430 g/mol. The fourth-order valence-corrected chi connectivity index (χ4v) is 4.32. The number of hydrogen-bond acceptors (Lipinski definition) is 5. The van der Waals surface area contributed by atoms with E-state index in [2.05, 4.69) is 45.3 Å². The predicted octanol–water partition coefficient (Wildman–Crippen LogP) is 3.91. The molecule has 6 nitrogen and oxygen atoms in total. The Bertz CT molecular complexity index is 1030. The molecule has 2 heterocycles. The highest BCUT2D eigenvalue weighted by atomic mass is 16.5. The Morgan fingerprint density at radius 1 is 1.16 bits per heavy atom. The van der Waals surface area contributed by atoms with Gasteiger partial charge >= 0.3 is 0 Å². The van der Waals surface area contributed by atoms with Gasteiger partial charge in [-0.3, -0.25) is 19.7 Å². The van der Waals surface area contributed by atoms with Crippen molar-refractivity contribution in [1.29, 1.82) is 0 Å². The number of nitrogens with one attached hydrogen (secondary N) is 1. The van der Waals surface area contributed by atoms with Crippen LogP contribution in [0.5, 0.6) is 5.75 Å². The maximum Gasteiger partial charge on any atom is 0.224 e. The summed E-state index contributed by atoms with van der Waals surface area (Å²) in [6.07, 6.45) is 6.74. The zero-order valence-corrected chi connectivity index (χ0v) is 18.7. The summed E-state index contributed by atoms with van der Waals surface area (Å²) in [6.45, 7) is 4.73. The molecule has 4 rings (SSSR count). The molecular weight excluding hydrogens is 400 g/mol. The first-order valence-electron chi connectivity index (χ1n) is 11.1. The Labute approximate surface area is 189 Å². The first-order chi connectivity index (χ1) is 15.6. The molecule has 1 N–H and O–H groups in total. The normalized spacial score (nSPS) is 15.8. The second-order valence-corrected chi connectivity index (χ2v) is 8.33. The number of aryl methyl sites for hydroxylation is 1. The molecule has 0 bridgehead atoms. The molecule has 166 valence electrons. The van der Waals surface area contributed by atoms with Gasteiger partial charge in [0.05, 0.1) is 25.0 Å². The number of hydrogen-bond donors (Lipinski definition) is 1. The Morgan fingerprint density at radius 2 is 1.97 bits per heavy atom. The summed E-state index contributed by atoms with van der Waals surface area (Å²) >= 11 is 0. The van der Waals surface area contributed by atoms with E-state index in [0.717, 1.165) is 55.0 Å². The summed E-state index contributed by atoms with van der Waals surface area (Å²) in [5.74, 6) is 0.965. The summed E-state index contributed by atoms with van der Waals surface area (Å²) in [7, 11) is 1.69. The van der Waals surface area contributed by atoms with E-state index in [9.17, 15) is 4.79 Å². The number of likely N-dealkylation sites (tertiary alicyclic amines) is 1. The Kier molecular flexibility index (Phi) is 7.12. The first kappa shape index (κ1) is 22.0. The largest absolute Gasteiger partial charge is 0.497 e. The van der Waals surface area contributed by atoms with Gasteiger partial charge in [-0.2, -0.15) is 0 Å². The van der Waals surface area contributed by atoms with Crippen LogP contribution >= 0.6 is 0 Å². The number of rotatable bonds is 7. The second kappa shape index (κ2) is 10.4. The number of carbonyl (C=O) groups excluding carboxylic acids is 1. The molecule has 0 radical (unpaired) electrons. The summed E-state index contributed by atoms with van der Waals surface area (Å²) in [4.78, 5) is 24.3. The number of benzene rings is 2. The zero-order valence-electron chi connectivity index (χ0n) is 18.7. The van der Waals surface area contributed by atoms with Crippen LogP contribution in [0.2, 0.25) is 0 Å². The number of carbonyl (C=O) groups is 1. The highest BCUT2D eigenvalue weighted by Gasteiger charge is 2.28. The molecule has 0 aliphatic carbocycles. The average molecular weight is 431 g/mol. The lowest BCUT2D eigenvalue weighted by atomic mass is 9.93. The fraction of sp³-hybridized carbons (Fsp3) is 0.346. The van der Waals surface area contributed by atoms with Crippen molar-refractivity contribution in [2.75, 3.05) is 20.2 Å². The van der Waals surface area contributed by atoms with Crippen molar-refractivity contribution >= 4 is 5.91 Å². The van der Waals surface area contributed by atoms with Gasteiger partial charge in [0.25, 0.3) is 0 Å². The van der Waals surface area contributed by atoms with Gasteiger partial charge in [0, 0.05) is 24.9 Å². The molecule has 0 spiro atoms. The number of ether oxygens (including phenoxy) is 1. The van der Waals surface area contributed by atoms with Crippen molar-refractivity contribution < 1.29 is 9.53 Å². The first-order valence-corrected chi connectivity index (χ1v) is 11.1. The minimum absolute atomic E-state index is 0.000232. The lowest BCUT2D eigenvalue weighted by Gasteiger charge is -2.32. The number of amides is 1. The lowest BCUT2D eigenvalue weighted by molar-refractivity contribution is -0.127. The predicted molar refractivity (Wildman–Crippen MR) is 124 cm³/mol. The van der Waals surface area contributed by atoms with Crippen molar-refractivity contribution in [3.8, 4) is 5.75 Å². The Morgan fingerprint density at radius 3 is 2.69 bits per heavy atom. The van der Waals surface area contributed by atoms with Gasteiger partial charge in [-0.25, -0.2) is 0 Å². The summed E-state index contributed by atoms with van der Waals surface area (Å²) in [6, 6.07) is 16.0. The van der Waals surface area contributed by atoms with Gasteiger partial charge in [0.1, 0.15) is 5.75 Å². The Balaban J connectivity index is 1.40. The van der Waals surface area contributed by atoms with Crippen LogP contribution < -0.4 is 10.1 Å². The van der Waals surface area contributed by atoms with Crippen LogP contribution in [0, 0.1) is 12.8 Å². The molecule has 32 heavy (non-hydrogen) atoms. The van der Waals surface area contributed by atoms with Gasteiger partial charge in [-0.15, -0.1) is 0 Å². The van der Waals surface area contributed by atoms with E-state index in [-0.39, 0.29) is 17.9 Å². The molecular formula is C26H30N4O2. The highest BCUT2D eigenvalue weighted by Crippen LogP contribution is 2.26. The molecule has 1 unspecified atom stereocenters. The fourth-order valence-electron chi connectivity index (χ4n) is 4.32. The molecule has 0 saturated carbocycles. The smallest absolute Gasteiger partial charge is 0.224 e. The van der Waals surface area contributed by atoms with Gasteiger partial charge < -0.3 is 10.1 Å². The van der Waals surface area contributed by atoms with Gasteiger partial charge in [-0.1, -0.05) is 36.4 Å². The van der Waals surface area contributed by atoms with Crippen LogP contribution in [0.15, 0.2) is 67.1 Å². The number of nitrogens with zero attached hydrogens (tertiary/aromatic N) is 3. The SMILES string of the molecule is COc1cccc(CN2CCC(C(=O)NC(c3cnccn3)c3ccccc3C)CC2)c1. The van der Waals surface area contributed by atoms with Crippen molar-refractivity contribution in [3.63, 3.8) is 0 Å². The third-order valence-electron chi connectivity index (χ3n) is 6.16. The van der Waals surface area contributed by atoms with E-state index in [1.165, 1.54) is 5.56 Å². The third-order valence-corrected chi connectivity index (χ3v) is 6.16. The van der Waals surface area contributed by atoms with Crippen molar-refractivity contribution in [1.82, 2.24) is 20.2 Å². The Hall–Kier alpha value is -3.25. The molecule has 2 aromatic carbocycles. The minimum Gasteiger partial charge on any atom is -0.497 e.